The van der Waals surface area contributed by atoms with E-state index in [-0.39, 0.29) is 0 Å². The minimum Gasteiger partial charge on any atom is -0.166 e. The molecule has 0 saturated heterocycles. The molecule has 0 N–H and O–H groups in total. The number of rotatable bonds is 6. The number of benzene rings is 5. The predicted molar refractivity (Wildman–Crippen MR) is 166 cm³/mol. The van der Waals surface area contributed by atoms with Crippen molar-refractivity contribution >= 4 is 47.8 Å². The maximum Gasteiger partial charge on any atom is 0.416 e. The molecule has 5 aromatic rings. The van der Waals surface area contributed by atoms with Crippen LogP contribution in [0.2, 0.25) is 0 Å². The molecule has 0 amide bonds. The highest BCUT2D eigenvalue weighted by Gasteiger charge is 2.34. The largest absolute Gasteiger partial charge is 0.416 e. The summed E-state index contributed by atoms with van der Waals surface area (Å²) in [5.41, 5.74) is -1.53. The Morgan fingerprint density at radius 2 is 1.00 bits per heavy atom. The molecule has 0 nitrogen and oxygen atoms in total. The summed E-state index contributed by atoms with van der Waals surface area (Å²) in [5.74, 6) is 0. The summed E-state index contributed by atoms with van der Waals surface area (Å²) in [6.45, 7) is 0. The third-order valence-electron chi connectivity index (χ3n) is 7.32. The van der Waals surface area contributed by atoms with Crippen molar-refractivity contribution in [1.29, 1.82) is 0 Å². The molecule has 5 aromatic carbocycles. The van der Waals surface area contributed by atoms with Crippen molar-refractivity contribution < 1.29 is 26.3 Å². The molecular formula is C35H24F6P2. The molecular weight excluding hydrogens is 596 g/mol. The van der Waals surface area contributed by atoms with Gasteiger partial charge in [0.05, 0.1) is 11.1 Å². The van der Waals surface area contributed by atoms with E-state index in [4.69, 9.17) is 0 Å². The molecule has 0 heterocycles. The molecule has 0 spiro atoms. The van der Waals surface area contributed by atoms with Crippen LogP contribution in [0.25, 0.3) is 10.8 Å². The van der Waals surface area contributed by atoms with Gasteiger partial charge in [0, 0.05) is 0 Å². The molecule has 216 valence electrons. The summed E-state index contributed by atoms with van der Waals surface area (Å²) in [7, 11) is -2.55. The normalized spacial score (nSPS) is 14.6. The Labute approximate surface area is 247 Å². The maximum absolute atomic E-state index is 13.5. The van der Waals surface area contributed by atoms with Gasteiger partial charge in [-0.2, -0.15) is 26.3 Å². The highest BCUT2D eigenvalue weighted by molar-refractivity contribution is 7.81. The topological polar surface area (TPSA) is 0 Å². The second-order valence-electron chi connectivity index (χ2n) is 10.0. The maximum atomic E-state index is 13.5. The fourth-order valence-corrected chi connectivity index (χ4v) is 10.9. The van der Waals surface area contributed by atoms with E-state index in [1.807, 2.05) is 42.5 Å². The van der Waals surface area contributed by atoms with Crippen molar-refractivity contribution in [3.05, 3.63) is 155 Å². The Kier molecular flexibility index (Phi) is 8.02. The van der Waals surface area contributed by atoms with Crippen LogP contribution < -0.4 is 21.2 Å². The summed E-state index contributed by atoms with van der Waals surface area (Å²) in [5, 5.41) is 7.88. The zero-order valence-electron chi connectivity index (χ0n) is 22.6. The van der Waals surface area contributed by atoms with E-state index in [0.717, 1.165) is 56.3 Å². The van der Waals surface area contributed by atoms with Crippen LogP contribution in [0.3, 0.4) is 0 Å². The lowest BCUT2D eigenvalue weighted by Crippen LogP contribution is -2.18. The molecule has 1 atom stereocenters. The summed E-state index contributed by atoms with van der Waals surface area (Å²) >= 11 is 0. The third-order valence-corrected chi connectivity index (χ3v) is 12.7. The zero-order chi connectivity index (χ0) is 30.2. The molecule has 0 saturated carbocycles. The SMILES string of the molecule is FC(F)(F)c1ccc(P(C2=C(P(c3ccccc3)c3cccc4ccccc34)CC=C2)c2ccc(C(F)(F)F)cc2)cc1. The van der Waals surface area contributed by atoms with E-state index in [9.17, 15) is 26.3 Å². The minimum absolute atomic E-state index is 0.638. The van der Waals surface area contributed by atoms with Gasteiger partial charge in [-0.3, -0.25) is 0 Å². The Bertz CT molecular complexity index is 1740. The Morgan fingerprint density at radius 1 is 0.488 bits per heavy atom. The zero-order valence-corrected chi connectivity index (χ0v) is 24.4. The first-order valence-corrected chi connectivity index (χ1v) is 16.2. The molecule has 0 radical (unpaired) electrons. The van der Waals surface area contributed by atoms with Gasteiger partial charge >= 0.3 is 12.4 Å². The fourth-order valence-electron chi connectivity index (χ4n) is 5.34. The smallest absolute Gasteiger partial charge is 0.166 e. The average molecular weight is 621 g/mol. The average Bonchev–Trinajstić information content (AvgIpc) is 3.46. The van der Waals surface area contributed by atoms with E-state index >= 15 is 0 Å². The summed E-state index contributed by atoms with van der Waals surface area (Å²) < 4.78 is 80.7. The standard InChI is InChI=1S/C35H24F6P2/c36-34(37,38)25-16-20-28(21-17-25)42(29-22-18-26(19-23-29)35(39,40)41)32-14-7-15-33(32)43(27-10-2-1-3-11-27)31-13-6-9-24-8-4-5-12-30(24)31/h1-14,16-23H,15H2. The van der Waals surface area contributed by atoms with Crippen LogP contribution in [0.4, 0.5) is 26.3 Å². The van der Waals surface area contributed by atoms with Crippen molar-refractivity contribution in [2.75, 3.05) is 0 Å². The first-order chi connectivity index (χ1) is 20.6. The minimum atomic E-state index is -4.50. The lowest BCUT2D eigenvalue weighted by Gasteiger charge is -2.27. The molecule has 1 unspecified atom stereocenters. The van der Waals surface area contributed by atoms with Crippen molar-refractivity contribution in [1.82, 2.24) is 0 Å². The Morgan fingerprint density at radius 3 is 1.58 bits per heavy atom. The van der Waals surface area contributed by atoms with Crippen LogP contribution >= 0.6 is 15.8 Å². The van der Waals surface area contributed by atoms with Crippen LogP contribution in [0.1, 0.15) is 17.5 Å². The molecule has 1 aliphatic carbocycles. The lowest BCUT2D eigenvalue weighted by atomic mass is 10.1. The van der Waals surface area contributed by atoms with Gasteiger partial charge in [-0.15, -0.1) is 0 Å². The number of hydrogen-bond acceptors (Lipinski definition) is 0. The van der Waals surface area contributed by atoms with E-state index in [2.05, 4.69) is 42.5 Å². The number of halogens is 6. The van der Waals surface area contributed by atoms with Crippen molar-refractivity contribution in [3.63, 3.8) is 0 Å². The van der Waals surface area contributed by atoms with Gasteiger partial charge in [0.25, 0.3) is 0 Å². The van der Waals surface area contributed by atoms with Crippen LogP contribution in [-0.4, -0.2) is 0 Å². The third kappa shape index (κ3) is 6.05. The van der Waals surface area contributed by atoms with Gasteiger partial charge in [0.2, 0.25) is 0 Å². The van der Waals surface area contributed by atoms with Crippen LogP contribution in [-0.2, 0) is 12.4 Å². The summed E-state index contributed by atoms with van der Waals surface area (Å²) in [4.78, 5) is 0. The van der Waals surface area contributed by atoms with Crippen molar-refractivity contribution in [2.45, 2.75) is 18.8 Å². The van der Waals surface area contributed by atoms with Gasteiger partial charge in [-0.25, -0.2) is 0 Å². The highest BCUT2D eigenvalue weighted by Crippen LogP contribution is 2.58. The first kappa shape index (κ1) is 29.4. The summed E-state index contributed by atoms with van der Waals surface area (Å²) in [6.07, 6.45) is -4.29. The summed E-state index contributed by atoms with van der Waals surface area (Å²) in [6, 6.07) is 34.6. The molecule has 0 bridgehead atoms. The Hall–Kier alpha value is -3.72. The van der Waals surface area contributed by atoms with Crippen LogP contribution in [0.15, 0.2) is 144 Å². The van der Waals surface area contributed by atoms with Gasteiger partial charge in [0.15, 0.2) is 0 Å². The number of allylic oxidation sites excluding steroid dienone is 4. The van der Waals surface area contributed by atoms with E-state index < -0.39 is 39.3 Å². The first-order valence-electron chi connectivity index (χ1n) is 13.5. The second kappa shape index (κ2) is 11.8. The quantitative estimate of drug-likeness (QED) is 0.131. The predicted octanol–water partition coefficient (Wildman–Crippen LogP) is 9.61. The van der Waals surface area contributed by atoms with E-state index in [0.29, 0.717) is 17.0 Å². The molecule has 0 aliphatic heterocycles. The highest BCUT2D eigenvalue weighted by atomic mass is 31.1. The molecule has 1 aliphatic rings. The molecule has 6 rings (SSSR count). The Balaban J connectivity index is 1.58. The molecule has 43 heavy (non-hydrogen) atoms. The van der Waals surface area contributed by atoms with Crippen molar-refractivity contribution in [3.8, 4) is 0 Å². The fraction of sp³-hybridized carbons (Fsp3) is 0.0857. The van der Waals surface area contributed by atoms with Gasteiger partial charge in [-0.05, 0) is 89.1 Å². The molecule has 8 heteroatoms. The van der Waals surface area contributed by atoms with Gasteiger partial charge in [-0.1, -0.05) is 109 Å². The van der Waals surface area contributed by atoms with Gasteiger partial charge < -0.3 is 0 Å². The number of hydrogen-bond donors (Lipinski definition) is 0. The monoisotopic (exact) mass is 620 g/mol. The van der Waals surface area contributed by atoms with Crippen molar-refractivity contribution in [2.24, 2.45) is 0 Å². The molecule has 0 aromatic heterocycles. The second-order valence-corrected chi connectivity index (χ2v) is 14.4. The van der Waals surface area contributed by atoms with E-state index in [1.165, 1.54) is 24.3 Å². The number of alkyl halides is 6. The van der Waals surface area contributed by atoms with Crippen LogP contribution in [0, 0.1) is 0 Å². The van der Waals surface area contributed by atoms with E-state index in [1.54, 1.807) is 0 Å². The number of fused-ring (bicyclic) bond motifs is 1. The van der Waals surface area contributed by atoms with Gasteiger partial charge in [0.1, 0.15) is 0 Å². The lowest BCUT2D eigenvalue weighted by molar-refractivity contribution is -0.138. The molecule has 0 fully saturated rings. The van der Waals surface area contributed by atoms with Crippen LogP contribution in [0.5, 0.6) is 0 Å².